The summed E-state index contributed by atoms with van der Waals surface area (Å²) in [7, 11) is 0. The number of hydrogen-bond donors (Lipinski definition) is 0. The van der Waals surface area contributed by atoms with E-state index in [9.17, 15) is 0 Å². The van der Waals surface area contributed by atoms with Gasteiger partial charge in [0.1, 0.15) is 11.2 Å². The van der Waals surface area contributed by atoms with E-state index in [1.807, 2.05) is 54.6 Å². The second-order valence-electron chi connectivity index (χ2n) is 12.9. The van der Waals surface area contributed by atoms with Crippen LogP contribution < -0.4 is 0 Å². The number of rotatable bonds is 5. The maximum Gasteiger partial charge on any atom is 0.164 e. The lowest BCUT2D eigenvalue weighted by molar-refractivity contribution is 0.669. The molecule has 0 atom stereocenters. The Morgan fingerprint density at radius 2 is 0.843 bits per heavy atom. The standard InChI is InChI=1S/C47H29N3O/c1-3-11-30(12-4-1)34-20-21-36-26-37(23-22-35(36)25-34)40-29-44-41(39-17-9-10-18-43(39)51-44)28-42(40)47-49-45(32-14-5-2-6-15-32)48-46(50-47)38-24-19-31-13-7-8-16-33(31)27-38/h1-29H. The number of para-hydroxylation sites is 1. The van der Waals surface area contributed by atoms with Crippen LogP contribution in [0.3, 0.4) is 0 Å². The Morgan fingerprint density at radius 1 is 0.294 bits per heavy atom. The van der Waals surface area contributed by atoms with Gasteiger partial charge in [-0.3, -0.25) is 0 Å². The van der Waals surface area contributed by atoms with E-state index in [0.29, 0.717) is 17.5 Å². The quantitative estimate of drug-likeness (QED) is 0.186. The molecule has 10 rings (SSSR count). The van der Waals surface area contributed by atoms with Crippen LogP contribution in [0.5, 0.6) is 0 Å². The van der Waals surface area contributed by atoms with Crippen LogP contribution in [-0.4, -0.2) is 15.0 Å². The number of benzene rings is 8. The van der Waals surface area contributed by atoms with E-state index < -0.39 is 0 Å². The zero-order valence-corrected chi connectivity index (χ0v) is 27.5. The highest BCUT2D eigenvalue weighted by Crippen LogP contribution is 2.40. The van der Waals surface area contributed by atoms with Crippen molar-refractivity contribution in [1.29, 1.82) is 0 Å². The van der Waals surface area contributed by atoms with Crippen LogP contribution in [0.15, 0.2) is 180 Å². The van der Waals surface area contributed by atoms with Crippen LogP contribution in [0.1, 0.15) is 0 Å². The van der Waals surface area contributed by atoms with Crippen LogP contribution in [0.25, 0.3) is 99.9 Å². The van der Waals surface area contributed by atoms with E-state index in [1.54, 1.807) is 0 Å². The predicted molar refractivity (Wildman–Crippen MR) is 209 cm³/mol. The van der Waals surface area contributed by atoms with Gasteiger partial charge in [-0.25, -0.2) is 15.0 Å². The number of aromatic nitrogens is 3. The van der Waals surface area contributed by atoms with Gasteiger partial charge in [-0.1, -0.05) is 140 Å². The van der Waals surface area contributed by atoms with E-state index in [2.05, 4.69) is 121 Å². The second-order valence-corrected chi connectivity index (χ2v) is 12.9. The molecule has 0 amide bonds. The maximum absolute atomic E-state index is 6.43. The molecule has 238 valence electrons. The minimum absolute atomic E-state index is 0.605. The third kappa shape index (κ3) is 5.22. The summed E-state index contributed by atoms with van der Waals surface area (Å²) in [6.07, 6.45) is 0. The molecule has 2 heterocycles. The summed E-state index contributed by atoms with van der Waals surface area (Å²) in [6, 6.07) is 61.2. The van der Waals surface area contributed by atoms with Crippen LogP contribution >= 0.6 is 0 Å². The molecule has 0 saturated heterocycles. The molecule has 0 aliphatic rings. The predicted octanol–water partition coefficient (Wildman–Crippen LogP) is 12.4. The molecule has 0 fully saturated rings. The largest absolute Gasteiger partial charge is 0.456 e. The van der Waals surface area contributed by atoms with Crippen LogP contribution in [0.2, 0.25) is 0 Å². The Kier molecular flexibility index (Phi) is 6.78. The van der Waals surface area contributed by atoms with Gasteiger partial charge in [0.25, 0.3) is 0 Å². The molecule has 0 unspecified atom stereocenters. The van der Waals surface area contributed by atoms with E-state index >= 15 is 0 Å². The lowest BCUT2D eigenvalue weighted by Gasteiger charge is -2.14. The molecule has 4 heteroatoms. The summed E-state index contributed by atoms with van der Waals surface area (Å²) < 4.78 is 6.43. The van der Waals surface area contributed by atoms with Crippen molar-refractivity contribution in [3.63, 3.8) is 0 Å². The van der Waals surface area contributed by atoms with E-state index in [4.69, 9.17) is 19.4 Å². The second kappa shape index (κ2) is 11.9. The van der Waals surface area contributed by atoms with E-state index in [-0.39, 0.29) is 0 Å². The fraction of sp³-hybridized carbons (Fsp3) is 0. The minimum Gasteiger partial charge on any atom is -0.456 e. The fourth-order valence-electron chi connectivity index (χ4n) is 7.09. The monoisotopic (exact) mass is 651 g/mol. The van der Waals surface area contributed by atoms with Gasteiger partial charge >= 0.3 is 0 Å². The van der Waals surface area contributed by atoms with Gasteiger partial charge in [-0.05, 0) is 80.2 Å². The lowest BCUT2D eigenvalue weighted by atomic mass is 9.94. The van der Waals surface area contributed by atoms with Crippen LogP contribution in [-0.2, 0) is 0 Å². The molecule has 0 aliphatic heterocycles. The maximum atomic E-state index is 6.43. The van der Waals surface area contributed by atoms with Gasteiger partial charge in [0.2, 0.25) is 0 Å². The summed E-state index contributed by atoms with van der Waals surface area (Å²) in [6.45, 7) is 0. The molecule has 0 N–H and O–H groups in total. The van der Waals surface area contributed by atoms with Crippen molar-refractivity contribution < 1.29 is 4.42 Å². The highest BCUT2D eigenvalue weighted by atomic mass is 16.3. The highest BCUT2D eigenvalue weighted by Gasteiger charge is 2.20. The van der Waals surface area contributed by atoms with Crippen LogP contribution in [0.4, 0.5) is 0 Å². The molecule has 8 aromatic carbocycles. The topological polar surface area (TPSA) is 51.8 Å². The zero-order chi connectivity index (χ0) is 33.7. The van der Waals surface area contributed by atoms with Crippen molar-refractivity contribution in [2.24, 2.45) is 0 Å². The van der Waals surface area contributed by atoms with Crippen LogP contribution in [0, 0.1) is 0 Å². The molecule has 0 aliphatic carbocycles. The summed E-state index contributed by atoms with van der Waals surface area (Å²) in [5.41, 5.74) is 8.89. The van der Waals surface area contributed by atoms with Crippen molar-refractivity contribution in [2.75, 3.05) is 0 Å². The molecule has 0 spiro atoms. The molecule has 10 aromatic rings. The molecule has 2 aromatic heterocycles. The zero-order valence-electron chi connectivity index (χ0n) is 27.5. The first-order valence-corrected chi connectivity index (χ1v) is 17.1. The first kappa shape index (κ1) is 29.0. The van der Waals surface area contributed by atoms with Gasteiger partial charge in [-0.2, -0.15) is 0 Å². The van der Waals surface area contributed by atoms with Crippen molar-refractivity contribution >= 4 is 43.5 Å². The van der Waals surface area contributed by atoms with E-state index in [1.165, 1.54) is 21.9 Å². The summed E-state index contributed by atoms with van der Waals surface area (Å²) in [4.78, 5) is 15.4. The number of fused-ring (bicyclic) bond motifs is 5. The Balaban J connectivity index is 1.21. The van der Waals surface area contributed by atoms with Gasteiger partial charge in [0, 0.05) is 27.5 Å². The molecular formula is C47H29N3O. The average Bonchev–Trinajstić information content (AvgIpc) is 3.58. The van der Waals surface area contributed by atoms with Gasteiger partial charge in [0.05, 0.1) is 0 Å². The Hall–Kier alpha value is -6.91. The van der Waals surface area contributed by atoms with Crippen molar-refractivity contribution in [3.05, 3.63) is 176 Å². The number of hydrogen-bond acceptors (Lipinski definition) is 4. The Bertz CT molecular complexity index is 2910. The summed E-state index contributed by atoms with van der Waals surface area (Å²) in [5, 5.41) is 6.71. The first-order chi connectivity index (χ1) is 25.2. The summed E-state index contributed by atoms with van der Waals surface area (Å²) >= 11 is 0. The van der Waals surface area contributed by atoms with Gasteiger partial charge in [-0.15, -0.1) is 0 Å². The minimum atomic E-state index is 0.605. The fourth-order valence-corrected chi connectivity index (χ4v) is 7.09. The number of nitrogens with zero attached hydrogens (tertiary/aromatic N) is 3. The molecule has 51 heavy (non-hydrogen) atoms. The SMILES string of the molecule is c1ccc(-c2ccc3cc(-c4cc5oc6ccccc6c5cc4-c4nc(-c5ccccc5)nc(-c5ccc6ccccc6c5)n4)ccc3c2)cc1. The highest BCUT2D eigenvalue weighted by molar-refractivity contribution is 6.09. The van der Waals surface area contributed by atoms with Crippen molar-refractivity contribution in [2.45, 2.75) is 0 Å². The smallest absolute Gasteiger partial charge is 0.164 e. The lowest BCUT2D eigenvalue weighted by Crippen LogP contribution is -2.01. The van der Waals surface area contributed by atoms with Gasteiger partial charge < -0.3 is 4.42 Å². The average molecular weight is 652 g/mol. The van der Waals surface area contributed by atoms with Gasteiger partial charge in [0.15, 0.2) is 17.5 Å². The first-order valence-electron chi connectivity index (χ1n) is 17.1. The molecule has 0 radical (unpaired) electrons. The Morgan fingerprint density at radius 3 is 1.65 bits per heavy atom. The Labute approximate surface area is 294 Å². The van der Waals surface area contributed by atoms with Crippen molar-refractivity contribution in [3.8, 4) is 56.4 Å². The third-order valence-corrected chi connectivity index (χ3v) is 9.69. The summed E-state index contributed by atoms with van der Waals surface area (Å²) in [5.74, 6) is 1.85. The molecule has 0 saturated carbocycles. The normalized spacial score (nSPS) is 11.5. The third-order valence-electron chi connectivity index (χ3n) is 9.69. The number of furan rings is 1. The van der Waals surface area contributed by atoms with Crippen molar-refractivity contribution in [1.82, 2.24) is 15.0 Å². The van der Waals surface area contributed by atoms with E-state index in [0.717, 1.165) is 60.5 Å². The molecule has 0 bridgehead atoms. The molecule has 4 nitrogen and oxygen atoms in total. The molecular weight excluding hydrogens is 623 g/mol.